The Bertz CT molecular complexity index is 790. The van der Waals surface area contributed by atoms with Gasteiger partial charge in [-0.15, -0.1) is 0 Å². The van der Waals surface area contributed by atoms with Gasteiger partial charge in [-0.2, -0.15) is 0 Å². The minimum absolute atomic E-state index is 0.107. The molecule has 0 heterocycles. The zero-order valence-corrected chi connectivity index (χ0v) is 14.9. The minimum Gasteiger partial charge on any atom is -0.465 e. The number of benzene rings is 2. The van der Waals surface area contributed by atoms with Crippen LogP contribution in [0.25, 0.3) is 0 Å². The summed E-state index contributed by atoms with van der Waals surface area (Å²) in [6.07, 6.45) is 0. The quantitative estimate of drug-likeness (QED) is 0.422. The number of ether oxygens (including phenoxy) is 1. The van der Waals surface area contributed by atoms with Gasteiger partial charge in [-0.1, -0.05) is 17.8 Å². The van der Waals surface area contributed by atoms with Crippen molar-refractivity contribution in [3.8, 4) is 0 Å². The summed E-state index contributed by atoms with van der Waals surface area (Å²) in [7, 11) is 0. The van der Waals surface area contributed by atoms with E-state index in [2.05, 4.69) is 0 Å². The Morgan fingerprint density at radius 3 is 2.44 bits per heavy atom. The molecule has 0 N–H and O–H groups in total. The molecule has 132 valence electrons. The lowest BCUT2D eigenvalue weighted by molar-refractivity contribution is -0.387. The fourth-order valence-electron chi connectivity index (χ4n) is 2.19. The molecule has 0 bridgehead atoms. The van der Waals surface area contributed by atoms with Gasteiger partial charge in [0.1, 0.15) is 5.82 Å². The number of nitro groups is 1. The molecule has 5 nitrogen and oxygen atoms in total. The summed E-state index contributed by atoms with van der Waals surface area (Å²) in [6.45, 7) is 5.27. The molecule has 0 unspecified atom stereocenters. The number of hydrogen-bond acceptors (Lipinski definition) is 5. The van der Waals surface area contributed by atoms with E-state index in [9.17, 15) is 19.3 Å². The molecule has 0 radical (unpaired) electrons. The Morgan fingerprint density at radius 2 is 1.88 bits per heavy atom. The fraction of sp³-hybridized carbons (Fsp3) is 0.278. The number of nitro benzene ring substituents is 1. The van der Waals surface area contributed by atoms with E-state index in [0.29, 0.717) is 15.4 Å². The van der Waals surface area contributed by atoms with Crippen LogP contribution in [0.4, 0.5) is 10.1 Å². The zero-order valence-electron chi connectivity index (χ0n) is 14.1. The molecule has 7 heteroatoms. The molecule has 2 rings (SSSR count). The highest BCUT2D eigenvalue weighted by atomic mass is 32.2. The highest BCUT2D eigenvalue weighted by Gasteiger charge is 2.33. The summed E-state index contributed by atoms with van der Waals surface area (Å²) in [5.41, 5.74) is -0.606. The molecule has 25 heavy (non-hydrogen) atoms. The Morgan fingerprint density at radius 1 is 1.24 bits per heavy atom. The highest BCUT2D eigenvalue weighted by molar-refractivity contribution is 7.99. The number of rotatable bonds is 6. The van der Waals surface area contributed by atoms with Crippen LogP contribution in [0.2, 0.25) is 0 Å². The van der Waals surface area contributed by atoms with Crippen LogP contribution in [-0.2, 0) is 14.9 Å². The second-order valence-corrected chi connectivity index (χ2v) is 6.96. The summed E-state index contributed by atoms with van der Waals surface area (Å²) in [4.78, 5) is 24.2. The first kappa shape index (κ1) is 18.9. The molecular weight excluding hydrogens is 345 g/mol. The van der Waals surface area contributed by atoms with Crippen molar-refractivity contribution in [1.82, 2.24) is 0 Å². The van der Waals surface area contributed by atoms with E-state index in [-0.39, 0.29) is 18.1 Å². The van der Waals surface area contributed by atoms with E-state index >= 15 is 0 Å². The fourth-order valence-corrected chi connectivity index (χ4v) is 3.09. The van der Waals surface area contributed by atoms with Gasteiger partial charge in [0.15, 0.2) is 0 Å². The van der Waals surface area contributed by atoms with Crippen molar-refractivity contribution < 1.29 is 18.8 Å². The summed E-state index contributed by atoms with van der Waals surface area (Å²) in [5.74, 6) is -0.811. The topological polar surface area (TPSA) is 69.4 Å². The maximum absolute atomic E-state index is 13.0. The van der Waals surface area contributed by atoms with E-state index in [0.717, 1.165) is 11.8 Å². The number of nitrogens with zero attached hydrogens (tertiary/aromatic N) is 1. The molecule has 0 spiro atoms. The predicted octanol–water partition coefficient (Wildman–Crippen LogP) is 4.73. The molecule has 0 aliphatic heterocycles. The summed E-state index contributed by atoms with van der Waals surface area (Å²) < 4.78 is 18.0. The van der Waals surface area contributed by atoms with Crippen LogP contribution < -0.4 is 0 Å². The first-order valence-corrected chi connectivity index (χ1v) is 8.47. The van der Waals surface area contributed by atoms with Crippen molar-refractivity contribution in [2.75, 3.05) is 6.61 Å². The number of halogens is 1. The van der Waals surface area contributed by atoms with Crippen LogP contribution in [0, 0.1) is 15.9 Å². The first-order valence-electron chi connectivity index (χ1n) is 7.65. The number of carbonyl (C=O) groups excluding carboxylic acids is 1. The van der Waals surface area contributed by atoms with Crippen molar-refractivity contribution in [1.29, 1.82) is 0 Å². The zero-order chi connectivity index (χ0) is 18.6. The molecule has 0 saturated carbocycles. The molecule has 0 aromatic heterocycles. The SMILES string of the molecule is CCOC(=O)C(C)(C)c1ccc(Sc2ccc(F)cc2)c([N+](=O)[O-])c1. The van der Waals surface area contributed by atoms with Crippen molar-refractivity contribution in [3.63, 3.8) is 0 Å². The highest BCUT2D eigenvalue weighted by Crippen LogP contribution is 2.38. The van der Waals surface area contributed by atoms with Gasteiger partial charge in [-0.25, -0.2) is 4.39 Å². The number of carbonyl (C=O) groups is 1. The Hall–Kier alpha value is -2.41. The van der Waals surface area contributed by atoms with E-state index < -0.39 is 16.3 Å². The van der Waals surface area contributed by atoms with Gasteiger partial charge < -0.3 is 4.74 Å². The van der Waals surface area contributed by atoms with Crippen molar-refractivity contribution in [2.24, 2.45) is 0 Å². The molecule has 2 aromatic carbocycles. The van der Waals surface area contributed by atoms with Crippen LogP contribution in [0.1, 0.15) is 26.3 Å². The predicted molar refractivity (Wildman–Crippen MR) is 93.3 cm³/mol. The largest absolute Gasteiger partial charge is 0.465 e. The molecule has 0 saturated heterocycles. The summed E-state index contributed by atoms with van der Waals surface area (Å²) in [6, 6.07) is 10.4. The maximum atomic E-state index is 13.0. The lowest BCUT2D eigenvalue weighted by atomic mass is 9.84. The lowest BCUT2D eigenvalue weighted by Crippen LogP contribution is -2.31. The van der Waals surface area contributed by atoms with Gasteiger partial charge >= 0.3 is 5.97 Å². The maximum Gasteiger partial charge on any atom is 0.315 e. The van der Waals surface area contributed by atoms with Gasteiger partial charge in [0.25, 0.3) is 5.69 Å². The first-order chi connectivity index (χ1) is 11.8. The van der Waals surface area contributed by atoms with E-state index in [1.54, 1.807) is 45.0 Å². The van der Waals surface area contributed by atoms with Crippen LogP contribution in [-0.4, -0.2) is 17.5 Å². The van der Waals surface area contributed by atoms with E-state index in [4.69, 9.17) is 4.74 Å². The average molecular weight is 363 g/mol. The third-order valence-corrected chi connectivity index (χ3v) is 4.78. The Kier molecular flexibility index (Phi) is 5.79. The Balaban J connectivity index is 2.39. The van der Waals surface area contributed by atoms with Crippen molar-refractivity contribution >= 4 is 23.4 Å². The Labute approximate surface area is 149 Å². The van der Waals surface area contributed by atoms with Gasteiger partial charge in [-0.3, -0.25) is 14.9 Å². The number of hydrogen-bond donors (Lipinski definition) is 0. The van der Waals surface area contributed by atoms with Crippen LogP contribution in [0.5, 0.6) is 0 Å². The minimum atomic E-state index is -1.00. The van der Waals surface area contributed by atoms with Crippen LogP contribution in [0.3, 0.4) is 0 Å². The van der Waals surface area contributed by atoms with E-state index in [1.807, 2.05) is 0 Å². The average Bonchev–Trinajstić information content (AvgIpc) is 2.57. The third kappa shape index (κ3) is 4.36. The number of esters is 1. The molecule has 0 atom stereocenters. The lowest BCUT2D eigenvalue weighted by Gasteiger charge is -2.23. The van der Waals surface area contributed by atoms with Gasteiger partial charge in [0.05, 0.1) is 21.8 Å². The standard InChI is InChI=1S/C18H18FNO4S/c1-4-24-17(21)18(2,3)12-5-10-16(15(11-12)20(22)23)25-14-8-6-13(19)7-9-14/h5-11H,4H2,1-3H3. The molecule has 2 aromatic rings. The normalized spacial score (nSPS) is 11.2. The summed E-state index contributed by atoms with van der Waals surface area (Å²) in [5, 5.41) is 11.5. The monoisotopic (exact) mass is 363 g/mol. The van der Waals surface area contributed by atoms with Crippen molar-refractivity contribution in [3.05, 3.63) is 64.0 Å². The smallest absolute Gasteiger partial charge is 0.315 e. The third-order valence-electron chi connectivity index (χ3n) is 3.70. The molecule has 0 fully saturated rings. The van der Waals surface area contributed by atoms with E-state index in [1.165, 1.54) is 18.2 Å². The second-order valence-electron chi connectivity index (χ2n) is 5.84. The second kappa shape index (κ2) is 7.65. The van der Waals surface area contributed by atoms with Gasteiger partial charge in [-0.05, 0) is 56.7 Å². The van der Waals surface area contributed by atoms with Gasteiger partial charge in [0.2, 0.25) is 0 Å². The van der Waals surface area contributed by atoms with Crippen molar-refractivity contribution in [2.45, 2.75) is 36.0 Å². The van der Waals surface area contributed by atoms with Crippen LogP contribution in [0.15, 0.2) is 52.3 Å². The van der Waals surface area contributed by atoms with Gasteiger partial charge in [0, 0.05) is 11.0 Å². The molecular formula is C18H18FNO4S. The molecule has 0 amide bonds. The van der Waals surface area contributed by atoms with Crippen LogP contribution >= 0.6 is 11.8 Å². The summed E-state index contributed by atoms with van der Waals surface area (Å²) >= 11 is 1.16. The molecule has 0 aliphatic carbocycles. The molecule has 0 aliphatic rings.